The van der Waals surface area contributed by atoms with Crippen molar-refractivity contribution in [1.82, 2.24) is 15.2 Å². The van der Waals surface area contributed by atoms with Gasteiger partial charge in [0.2, 0.25) is 5.91 Å². The maximum Gasteiger partial charge on any atom is 0.416 e. The minimum Gasteiger partial charge on any atom is -0.483 e. The molecule has 0 atom stereocenters. The normalized spacial score (nSPS) is 15.9. The molecule has 1 aliphatic heterocycles. The summed E-state index contributed by atoms with van der Waals surface area (Å²) in [5.74, 6) is -0.134. The third-order valence-electron chi connectivity index (χ3n) is 7.44. The third kappa shape index (κ3) is 6.87. The molecule has 1 saturated heterocycles. The molecule has 2 aliphatic rings. The number of hydrogen-bond donors (Lipinski definition) is 2. The van der Waals surface area contributed by atoms with Crippen LogP contribution in [-0.4, -0.2) is 53.5 Å². The Hall–Kier alpha value is -4.18. The molecule has 5 rings (SSSR count). The van der Waals surface area contributed by atoms with E-state index in [9.17, 15) is 18.0 Å². The first-order chi connectivity index (χ1) is 19.1. The smallest absolute Gasteiger partial charge is 0.416 e. The molecule has 1 saturated carbocycles. The number of alkyl halides is 3. The van der Waals surface area contributed by atoms with Gasteiger partial charge in [-0.15, -0.1) is 0 Å². The fourth-order valence-electron chi connectivity index (χ4n) is 5.10. The average Bonchev–Trinajstić information content (AvgIpc) is 2.90. The number of aromatic nitrogens is 1. The van der Waals surface area contributed by atoms with E-state index < -0.39 is 11.7 Å². The van der Waals surface area contributed by atoms with Gasteiger partial charge in [0.05, 0.1) is 5.56 Å². The van der Waals surface area contributed by atoms with Crippen LogP contribution in [0.4, 0.5) is 24.5 Å². The Morgan fingerprint density at radius 2 is 1.60 bits per heavy atom. The predicted molar refractivity (Wildman–Crippen MR) is 147 cm³/mol. The van der Waals surface area contributed by atoms with Crippen LogP contribution < -0.4 is 10.2 Å². The van der Waals surface area contributed by atoms with Gasteiger partial charge < -0.3 is 20.2 Å². The number of rotatable bonds is 7. The Kier molecular flexibility index (Phi) is 8.89. The summed E-state index contributed by atoms with van der Waals surface area (Å²) in [7, 11) is 1.99. The average molecular weight is 553 g/mol. The zero-order valence-electron chi connectivity index (χ0n) is 22.0. The van der Waals surface area contributed by atoms with Crippen molar-refractivity contribution in [2.24, 2.45) is 5.41 Å². The highest BCUT2D eigenvalue weighted by Crippen LogP contribution is 2.47. The molecule has 0 bridgehead atoms. The molecular weight excluding hydrogens is 521 g/mol. The molecule has 1 aromatic heterocycles. The Morgan fingerprint density at radius 1 is 1.02 bits per heavy atom. The van der Waals surface area contributed by atoms with E-state index in [2.05, 4.69) is 15.2 Å². The first-order valence-electron chi connectivity index (χ1n) is 12.8. The van der Waals surface area contributed by atoms with Crippen LogP contribution in [0.5, 0.6) is 0 Å². The summed E-state index contributed by atoms with van der Waals surface area (Å²) in [5, 5.41) is 10.2. The van der Waals surface area contributed by atoms with Crippen LogP contribution >= 0.6 is 0 Å². The second-order valence-corrected chi connectivity index (χ2v) is 10.1. The van der Waals surface area contributed by atoms with Crippen molar-refractivity contribution in [2.75, 3.05) is 25.0 Å². The maximum atomic E-state index is 13.3. The first kappa shape index (κ1) is 28.8. The molecule has 1 amide bonds. The van der Waals surface area contributed by atoms with Crippen molar-refractivity contribution < 1.29 is 27.9 Å². The number of benzene rings is 2. The largest absolute Gasteiger partial charge is 0.483 e. The van der Waals surface area contributed by atoms with Crippen molar-refractivity contribution >= 4 is 29.8 Å². The zero-order valence-corrected chi connectivity index (χ0v) is 22.0. The Bertz CT molecular complexity index is 1300. The van der Waals surface area contributed by atoms with Crippen molar-refractivity contribution in [3.05, 3.63) is 95.8 Å². The molecule has 0 unspecified atom stereocenters. The summed E-state index contributed by atoms with van der Waals surface area (Å²) < 4.78 is 38.5. The molecule has 2 fully saturated rings. The monoisotopic (exact) mass is 552 g/mol. The highest BCUT2D eigenvalue weighted by atomic mass is 19.4. The number of anilines is 2. The lowest BCUT2D eigenvalue weighted by molar-refractivity contribution is -0.138. The van der Waals surface area contributed by atoms with Crippen LogP contribution in [0.1, 0.15) is 29.5 Å². The highest BCUT2D eigenvalue weighted by Gasteiger charge is 2.50. The minimum absolute atomic E-state index is 0.134. The first-order valence-corrected chi connectivity index (χ1v) is 12.8. The van der Waals surface area contributed by atoms with E-state index in [0.29, 0.717) is 17.5 Å². The molecule has 7 nitrogen and oxygen atoms in total. The van der Waals surface area contributed by atoms with Gasteiger partial charge in [-0.1, -0.05) is 24.3 Å². The molecule has 2 heterocycles. The van der Waals surface area contributed by atoms with Gasteiger partial charge in [0.25, 0.3) is 6.47 Å². The summed E-state index contributed by atoms with van der Waals surface area (Å²) in [5.41, 5.74) is 3.23. The number of nitrogens with one attached hydrogen (secondary N) is 1. The SMILES string of the molecule is CN(c1ccncc1)c1ccc(CN(C(=O)/C=C/c2ccc(C(F)(F)F)cc2)C2CC3(CNC3)C2)cc1.O=CO. The van der Waals surface area contributed by atoms with Crippen LogP contribution in [0.3, 0.4) is 0 Å². The second kappa shape index (κ2) is 12.3. The predicted octanol–water partition coefficient (Wildman–Crippen LogP) is 5.36. The summed E-state index contributed by atoms with van der Waals surface area (Å²) in [6.07, 6.45) is 4.11. The van der Waals surface area contributed by atoms with Crippen LogP contribution in [0.2, 0.25) is 0 Å². The molecule has 210 valence electrons. The van der Waals surface area contributed by atoms with Crippen LogP contribution in [0.25, 0.3) is 6.08 Å². The Morgan fingerprint density at radius 3 is 2.12 bits per heavy atom. The van der Waals surface area contributed by atoms with E-state index in [0.717, 1.165) is 55.0 Å². The maximum absolute atomic E-state index is 13.3. The molecule has 10 heteroatoms. The van der Waals surface area contributed by atoms with E-state index in [1.165, 1.54) is 18.2 Å². The topological polar surface area (TPSA) is 85.8 Å². The lowest BCUT2D eigenvalue weighted by atomic mass is 9.61. The van der Waals surface area contributed by atoms with Crippen LogP contribution in [0.15, 0.2) is 79.1 Å². The molecule has 2 N–H and O–H groups in total. The summed E-state index contributed by atoms with van der Waals surface area (Å²) in [4.78, 5) is 29.7. The van der Waals surface area contributed by atoms with Crippen molar-refractivity contribution in [1.29, 1.82) is 0 Å². The van der Waals surface area contributed by atoms with Gasteiger partial charge in [0, 0.05) is 62.6 Å². The minimum atomic E-state index is -4.38. The summed E-state index contributed by atoms with van der Waals surface area (Å²) in [6, 6.07) is 17.0. The number of nitrogens with zero attached hydrogens (tertiary/aromatic N) is 3. The fraction of sp³-hybridized carbons (Fsp3) is 0.300. The van der Waals surface area contributed by atoms with E-state index >= 15 is 0 Å². The molecule has 2 aromatic carbocycles. The van der Waals surface area contributed by atoms with Gasteiger partial charge >= 0.3 is 6.18 Å². The second-order valence-electron chi connectivity index (χ2n) is 10.1. The number of carboxylic acid groups (broad SMARTS) is 1. The van der Waals surface area contributed by atoms with E-state index in [1.807, 2.05) is 48.3 Å². The number of halogens is 3. The third-order valence-corrected chi connectivity index (χ3v) is 7.44. The van der Waals surface area contributed by atoms with Crippen molar-refractivity contribution in [3.63, 3.8) is 0 Å². The zero-order chi connectivity index (χ0) is 28.8. The molecule has 1 spiro atoms. The number of pyridine rings is 1. The van der Waals surface area contributed by atoms with Gasteiger partial charge in [0.1, 0.15) is 0 Å². The van der Waals surface area contributed by atoms with Crippen molar-refractivity contribution in [2.45, 2.75) is 31.6 Å². The number of amides is 1. The van der Waals surface area contributed by atoms with Gasteiger partial charge in [0.15, 0.2) is 0 Å². The Labute approximate surface area is 230 Å². The number of carbonyl (C=O) groups is 2. The van der Waals surface area contributed by atoms with Crippen LogP contribution in [-0.2, 0) is 22.3 Å². The van der Waals surface area contributed by atoms with Gasteiger partial charge in [-0.25, -0.2) is 0 Å². The van der Waals surface area contributed by atoms with E-state index in [4.69, 9.17) is 9.90 Å². The number of carbonyl (C=O) groups excluding carboxylic acids is 1. The van der Waals surface area contributed by atoms with Gasteiger partial charge in [-0.05, 0) is 71.9 Å². The van der Waals surface area contributed by atoms with E-state index in [1.54, 1.807) is 18.5 Å². The van der Waals surface area contributed by atoms with Crippen LogP contribution in [0, 0.1) is 5.41 Å². The number of hydrogen-bond acceptors (Lipinski definition) is 5. The lowest BCUT2D eigenvalue weighted by Crippen LogP contribution is -2.65. The summed E-state index contributed by atoms with van der Waals surface area (Å²) >= 11 is 0. The molecule has 0 radical (unpaired) electrons. The molecule has 1 aliphatic carbocycles. The van der Waals surface area contributed by atoms with Crippen molar-refractivity contribution in [3.8, 4) is 0 Å². The Balaban J connectivity index is 0.00000118. The standard InChI is InChI=1S/C29H29F3N4O.CH2O2/c1-35(25-12-14-33-15-13-25)24-9-4-22(5-10-24)18-36(26-16-28(17-26)19-34-20-28)27(37)11-6-21-2-7-23(8-3-21)29(30,31)32;2-1-3/h2-15,26,34H,16-20H2,1H3;1H,(H,2,3)/b11-6+;. The summed E-state index contributed by atoms with van der Waals surface area (Å²) in [6.45, 7) is 2.20. The quantitative estimate of drug-likeness (QED) is 0.303. The van der Waals surface area contributed by atoms with E-state index in [-0.39, 0.29) is 18.4 Å². The lowest BCUT2D eigenvalue weighted by Gasteiger charge is -2.57. The highest BCUT2D eigenvalue weighted by molar-refractivity contribution is 5.92. The molecule has 40 heavy (non-hydrogen) atoms. The molecule has 3 aromatic rings. The molecular formula is C30H31F3N4O3. The van der Waals surface area contributed by atoms with Gasteiger partial charge in [-0.3, -0.25) is 14.6 Å². The fourth-order valence-corrected chi connectivity index (χ4v) is 5.10. The van der Waals surface area contributed by atoms with Gasteiger partial charge in [-0.2, -0.15) is 13.2 Å².